The van der Waals surface area contributed by atoms with Gasteiger partial charge in [0.05, 0.1) is 13.2 Å². The number of aliphatic hydroxyl groups excluding tert-OH is 1. The molecule has 1 rings (SSSR count). The smallest absolute Gasteiger partial charge is 0.122 e. The Morgan fingerprint density at radius 1 is 1.33 bits per heavy atom. The number of likely N-dealkylation sites (N-methyl/N-ethyl adjacent to an activating group) is 1. The minimum atomic E-state index is -0.502. The van der Waals surface area contributed by atoms with Crippen molar-refractivity contribution in [1.82, 2.24) is 5.32 Å². The lowest BCUT2D eigenvalue weighted by Gasteiger charge is -2.25. The van der Waals surface area contributed by atoms with Crippen molar-refractivity contribution in [2.75, 3.05) is 20.7 Å². The molecule has 1 atom stereocenters. The Balaban J connectivity index is 3.27. The average Bonchev–Trinajstić information content (AvgIpc) is 2.27. The van der Waals surface area contributed by atoms with Crippen molar-refractivity contribution < 1.29 is 9.84 Å². The molecule has 0 aliphatic carbocycles. The lowest BCUT2D eigenvalue weighted by molar-refractivity contribution is 0.176. The summed E-state index contributed by atoms with van der Waals surface area (Å²) in [6, 6.07) is 4.07. The molecule has 1 unspecified atom stereocenters. The Kier molecular flexibility index (Phi) is 4.77. The zero-order chi connectivity index (χ0) is 13.9. The van der Waals surface area contributed by atoms with E-state index in [4.69, 9.17) is 4.74 Å². The van der Waals surface area contributed by atoms with Gasteiger partial charge in [-0.15, -0.1) is 0 Å². The third kappa shape index (κ3) is 3.24. The molecule has 3 heteroatoms. The Morgan fingerprint density at radius 3 is 2.39 bits per heavy atom. The number of rotatable bonds is 4. The van der Waals surface area contributed by atoms with E-state index in [0.717, 1.165) is 16.9 Å². The van der Waals surface area contributed by atoms with E-state index in [1.807, 2.05) is 20.0 Å². The van der Waals surface area contributed by atoms with Crippen molar-refractivity contribution >= 4 is 0 Å². The second-order valence-electron chi connectivity index (χ2n) is 5.73. The normalized spacial score (nSPS) is 13.5. The van der Waals surface area contributed by atoms with Crippen molar-refractivity contribution in [1.29, 1.82) is 0 Å². The second kappa shape index (κ2) is 5.72. The van der Waals surface area contributed by atoms with Crippen LogP contribution in [0.4, 0.5) is 0 Å². The number of benzene rings is 1. The van der Waals surface area contributed by atoms with Crippen LogP contribution in [0.15, 0.2) is 12.1 Å². The SMILES string of the molecule is CNCC(O)c1cc(OC)c(C(C)(C)C)cc1C. The number of hydrogen-bond acceptors (Lipinski definition) is 3. The van der Waals surface area contributed by atoms with E-state index in [2.05, 4.69) is 32.2 Å². The predicted molar refractivity (Wildman–Crippen MR) is 75.3 cm³/mol. The van der Waals surface area contributed by atoms with Crippen molar-refractivity contribution in [2.45, 2.75) is 39.2 Å². The van der Waals surface area contributed by atoms with Crippen LogP contribution in [-0.4, -0.2) is 25.8 Å². The summed E-state index contributed by atoms with van der Waals surface area (Å²) in [4.78, 5) is 0. The third-order valence-corrected chi connectivity index (χ3v) is 3.15. The summed E-state index contributed by atoms with van der Waals surface area (Å²) < 4.78 is 5.46. The highest BCUT2D eigenvalue weighted by molar-refractivity contribution is 5.46. The highest BCUT2D eigenvalue weighted by atomic mass is 16.5. The van der Waals surface area contributed by atoms with Crippen molar-refractivity contribution in [2.24, 2.45) is 0 Å². The van der Waals surface area contributed by atoms with Gasteiger partial charge in [-0.1, -0.05) is 26.8 Å². The molecule has 0 aliphatic heterocycles. The minimum absolute atomic E-state index is 0.0303. The zero-order valence-corrected chi connectivity index (χ0v) is 12.3. The maximum atomic E-state index is 10.1. The monoisotopic (exact) mass is 251 g/mol. The van der Waals surface area contributed by atoms with Gasteiger partial charge in [-0.3, -0.25) is 0 Å². The molecule has 1 aromatic rings. The van der Waals surface area contributed by atoms with Crippen LogP contribution in [0.2, 0.25) is 0 Å². The van der Waals surface area contributed by atoms with Gasteiger partial charge in [0, 0.05) is 6.54 Å². The zero-order valence-electron chi connectivity index (χ0n) is 12.3. The molecule has 0 heterocycles. The maximum absolute atomic E-state index is 10.1. The van der Waals surface area contributed by atoms with Crippen LogP contribution in [-0.2, 0) is 5.41 Å². The summed E-state index contributed by atoms with van der Waals surface area (Å²) in [5.41, 5.74) is 3.23. The first kappa shape index (κ1) is 15.0. The molecule has 0 amide bonds. The number of aliphatic hydroxyl groups is 1. The largest absolute Gasteiger partial charge is 0.496 e. The van der Waals surface area contributed by atoms with Crippen LogP contribution in [0.3, 0.4) is 0 Å². The molecule has 0 radical (unpaired) electrons. The van der Waals surface area contributed by atoms with E-state index in [0.29, 0.717) is 6.54 Å². The lowest BCUT2D eigenvalue weighted by Crippen LogP contribution is -2.19. The van der Waals surface area contributed by atoms with Gasteiger partial charge in [-0.05, 0) is 42.1 Å². The summed E-state index contributed by atoms with van der Waals surface area (Å²) in [7, 11) is 3.51. The Morgan fingerprint density at radius 2 is 1.94 bits per heavy atom. The van der Waals surface area contributed by atoms with Gasteiger partial charge in [0.25, 0.3) is 0 Å². The molecule has 0 saturated carbocycles. The first-order valence-corrected chi connectivity index (χ1v) is 6.33. The van der Waals surface area contributed by atoms with E-state index < -0.39 is 6.10 Å². The first-order chi connectivity index (χ1) is 8.31. The number of ether oxygens (including phenoxy) is 1. The van der Waals surface area contributed by atoms with Crippen LogP contribution in [0.1, 0.15) is 43.6 Å². The summed E-state index contributed by atoms with van der Waals surface area (Å²) in [5, 5.41) is 13.1. The van der Waals surface area contributed by atoms with Crippen molar-refractivity contribution in [3.05, 3.63) is 28.8 Å². The predicted octanol–water partition coefficient (Wildman–Crippen LogP) is 2.55. The molecule has 2 N–H and O–H groups in total. The summed E-state index contributed by atoms with van der Waals surface area (Å²) in [6.45, 7) is 9.05. The molecule has 18 heavy (non-hydrogen) atoms. The summed E-state index contributed by atoms with van der Waals surface area (Å²) in [5.74, 6) is 0.846. The Bertz CT molecular complexity index is 408. The quantitative estimate of drug-likeness (QED) is 0.864. The molecule has 1 aromatic carbocycles. The van der Waals surface area contributed by atoms with Crippen molar-refractivity contribution in [3.63, 3.8) is 0 Å². The summed E-state index contributed by atoms with van der Waals surface area (Å²) >= 11 is 0. The van der Waals surface area contributed by atoms with Crippen LogP contribution in [0.5, 0.6) is 5.75 Å². The fourth-order valence-electron chi connectivity index (χ4n) is 2.12. The molecule has 0 aromatic heterocycles. The van der Waals surface area contributed by atoms with Gasteiger partial charge in [-0.2, -0.15) is 0 Å². The second-order valence-corrected chi connectivity index (χ2v) is 5.73. The van der Waals surface area contributed by atoms with Crippen LogP contribution in [0, 0.1) is 6.92 Å². The lowest BCUT2D eigenvalue weighted by atomic mass is 9.84. The van der Waals surface area contributed by atoms with E-state index in [-0.39, 0.29) is 5.41 Å². The molecule has 0 aliphatic rings. The van der Waals surface area contributed by atoms with Gasteiger partial charge in [0.2, 0.25) is 0 Å². The molecule has 102 valence electrons. The van der Waals surface area contributed by atoms with Gasteiger partial charge in [-0.25, -0.2) is 0 Å². The van der Waals surface area contributed by atoms with E-state index in [9.17, 15) is 5.11 Å². The number of nitrogens with one attached hydrogen (secondary N) is 1. The molecular weight excluding hydrogens is 226 g/mol. The molecule has 0 bridgehead atoms. The third-order valence-electron chi connectivity index (χ3n) is 3.15. The summed E-state index contributed by atoms with van der Waals surface area (Å²) in [6.07, 6.45) is -0.502. The van der Waals surface area contributed by atoms with Crippen molar-refractivity contribution in [3.8, 4) is 5.75 Å². The molecule has 0 fully saturated rings. The van der Waals surface area contributed by atoms with E-state index in [1.165, 1.54) is 5.56 Å². The molecular formula is C15H25NO2. The number of methoxy groups -OCH3 is 1. The highest BCUT2D eigenvalue weighted by Crippen LogP contribution is 2.35. The number of aryl methyl sites for hydroxylation is 1. The molecule has 0 spiro atoms. The van der Waals surface area contributed by atoms with Crippen LogP contribution >= 0.6 is 0 Å². The minimum Gasteiger partial charge on any atom is -0.496 e. The van der Waals surface area contributed by atoms with E-state index in [1.54, 1.807) is 7.11 Å². The Hall–Kier alpha value is -1.06. The van der Waals surface area contributed by atoms with E-state index >= 15 is 0 Å². The molecule has 3 nitrogen and oxygen atoms in total. The van der Waals surface area contributed by atoms with Crippen LogP contribution in [0.25, 0.3) is 0 Å². The fraction of sp³-hybridized carbons (Fsp3) is 0.600. The molecule has 0 saturated heterocycles. The van der Waals surface area contributed by atoms with Gasteiger partial charge in [0.1, 0.15) is 5.75 Å². The standard InChI is InChI=1S/C15H25NO2/c1-10-7-12(15(2,3)4)14(18-6)8-11(10)13(17)9-16-5/h7-8,13,16-17H,9H2,1-6H3. The maximum Gasteiger partial charge on any atom is 0.122 e. The van der Waals surface area contributed by atoms with Gasteiger partial charge >= 0.3 is 0 Å². The fourth-order valence-corrected chi connectivity index (χ4v) is 2.12. The van der Waals surface area contributed by atoms with Crippen LogP contribution < -0.4 is 10.1 Å². The van der Waals surface area contributed by atoms with Gasteiger partial charge in [0.15, 0.2) is 0 Å². The number of hydrogen-bond donors (Lipinski definition) is 2. The Labute approximate surface area is 110 Å². The highest BCUT2D eigenvalue weighted by Gasteiger charge is 2.22. The topological polar surface area (TPSA) is 41.5 Å². The van der Waals surface area contributed by atoms with Gasteiger partial charge < -0.3 is 15.2 Å². The first-order valence-electron chi connectivity index (χ1n) is 6.33. The average molecular weight is 251 g/mol.